The standard InChI is InChI=1S/C17H23N3O2S/c1-18-7-9-19(10-8-18)17(22)13-11-16(21)20(12-13)14-3-5-15(23-2)6-4-14/h3-6,13H,7-12H2,1-2H3. The Kier molecular flexibility index (Phi) is 4.92. The number of rotatable bonds is 3. The lowest BCUT2D eigenvalue weighted by atomic mass is 10.1. The lowest BCUT2D eigenvalue weighted by Gasteiger charge is -2.33. The Balaban J connectivity index is 1.65. The van der Waals surface area contributed by atoms with E-state index in [0.29, 0.717) is 13.0 Å². The van der Waals surface area contributed by atoms with Gasteiger partial charge in [0.05, 0.1) is 5.92 Å². The summed E-state index contributed by atoms with van der Waals surface area (Å²) in [6, 6.07) is 7.96. The van der Waals surface area contributed by atoms with Gasteiger partial charge in [0.15, 0.2) is 0 Å². The van der Waals surface area contributed by atoms with Gasteiger partial charge in [-0.1, -0.05) is 0 Å². The molecule has 2 heterocycles. The fraction of sp³-hybridized carbons (Fsp3) is 0.529. The average molecular weight is 333 g/mol. The van der Waals surface area contributed by atoms with Crippen LogP contribution < -0.4 is 4.90 Å². The van der Waals surface area contributed by atoms with Crippen LogP contribution in [-0.4, -0.2) is 67.6 Å². The second kappa shape index (κ2) is 6.93. The van der Waals surface area contributed by atoms with Crippen molar-refractivity contribution in [3.63, 3.8) is 0 Å². The molecule has 6 heteroatoms. The number of carbonyl (C=O) groups is 2. The topological polar surface area (TPSA) is 43.9 Å². The quantitative estimate of drug-likeness (QED) is 0.787. The fourth-order valence-electron chi connectivity index (χ4n) is 3.17. The number of piperazine rings is 1. The first-order valence-electron chi connectivity index (χ1n) is 8.00. The van der Waals surface area contributed by atoms with Crippen molar-refractivity contribution in [1.82, 2.24) is 9.80 Å². The molecular weight excluding hydrogens is 310 g/mol. The van der Waals surface area contributed by atoms with Gasteiger partial charge in [-0.15, -0.1) is 11.8 Å². The molecule has 0 bridgehead atoms. The summed E-state index contributed by atoms with van der Waals surface area (Å²) in [7, 11) is 2.07. The van der Waals surface area contributed by atoms with Crippen molar-refractivity contribution in [1.29, 1.82) is 0 Å². The van der Waals surface area contributed by atoms with Crippen molar-refractivity contribution < 1.29 is 9.59 Å². The van der Waals surface area contributed by atoms with E-state index in [2.05, 4.69) is 11.9 Å². The van der Waals surface area contributed by atoms with Crippen LogP contribution in [0, 0.1) is 5.92 Å². The molecule has 1 unspecified atom stereocenters. The van der Waals surface area contributed by atoms with Crippen molar-refractivity contribution in [2.24, 2.45) is 5.92 Å². The van der Waals surface area contributed by atoms with Crippen LogP contribution in [0.25, 0.3) is 0 Å². The molecule has 2 saturated heterocycles. The van der Waals surface area contributed by atoms with Crippen LogP contribution in [0.5, 0.6) is 0 Å². The van der Waals surface area contributed by atoms with Crippen LogP contribution >= 0.6 is 11.8 Å². The van der Waals surface area contributed by atoms with Crippen LogP contribution in [-0.2, 0) is 9.59 Å². The molecule has 0 N–H and O–H groups in total. The zero-order chi connectivity index (χ0) is 16.4. The summed E-state index contributed by atoms with van der Waals surface area (Å²) < 4.78 is 0. The molecule has 0 spiro atoms. The lowest BCUT2D eigenvalue weighted by Crippen LogP contribution is -2.49. The molecule has 1 atom stereocenters. The smallest absolute Gasteiger partial charge is 0.228 e. The predicted octanol–water partition coefficient (Wildman–Crippen LogP) is 1.54. The molecule has 0 saturated carbocycles. The molecule has 2 aliphatic rings. The highest BCUT2D eigenvalue weighted by molar-refractivity contribution is 7.98. The molecule has 2 amide bonds. The van der Waals surface area contributed by atoms with E-state index in [9.17, 15) is 9.59 Å². The third kappa shape index (κ3) is 3.53. The average Bonchev–Trinajstić information content (AvgIpc) is 2.97. The molecule has 2 aliphatic heterocycles. The third-order valence-electron chi connectivity index (χ3n) is 4.67. The van der Waals surface area contributed by atoms with Crippen LogP contribution in [0.15, 0.2) is 29.2 Å². The van der Waals surface area contributed by atoms with Gasteiger partial charge in [0, 0.05) is 49.7 Å². The van der Waals surface area contributed by atoms with E-state index in [4.69, 9.17) is 0 Å². The number of anilines is 1. The van der Waals surface area contributed by atoms with Crippen LogP contribution in [0.4, 0.5) is 5.69 Å². The highest BCUT2D eigenvalue weighted by Gasteiger charge is 2.37. The first-order chi connectivity index (χ1) is 11.1. The summed E-state index contributed by atoms with van der Waals surface area (Å²) in [6.07, 6.45) is 2.36. The number of hydrogen-bond acceptors (Lipinski definition) is 4. The predicted molar refractivity (Wildman–Crippen MR) is 92.8 cm³/mol. The molecule has 3 rings (SSSR count). The number of likely N-dealkylation sites (N-methyl/N-ethyl adjacent to an activating group) is 1. The second-order valence-corrected chi connectivity index (χ2v) is 7.11. The number of nitrogens with zero attached hydrogens (tertiary/aromatic N) is 3. The van der Waals surface area contributed by atoms with Gasteiger partial charge in [0.1, 0.15) is 0 Å². The zero-order valence-electron chi connectivity index (χ0n) is 13.7. The zero-order valence-corrected chi connectivity index (χ0v) is 14.5. The second-order valence-electron chi connectivity index (χ2n) is 6.23. The van der Waals surface area contributed by atoms with E-state index in [-0.39, 0.29) is 17.7 Å². The molecule has 0 radical (unpaired) electrons. The molecular formula is C17H23N3O2S. The SMILES string of the molecule is CSc1ccc(N2CC(C(=O)N3CCN(C)CC3)CC2=O)cc1. The first-order valence-corrected chi connectivity index (χ1v) is 9.22. The first kappa shape index (κ1) is 16.3. The maximum absolute atomic E-state index is 12.7. The molecule has 5 nitrogen and oxygen atoms in total. The maximum atomic E-state index is 12.7. The Morgan fingerprint density at radius 1 is 1.13 bits per heavy atom. The molecule has 2 fully saturated rings. The number of carbonyl (C=O) groups excluding carboxylic acids is 2. The van der Waals surface area contributed by atoms with Gasteiger partial charge in [-0.3, -0.25) is 9.59 Å². The van der Waals surface area contributed by atoms with Gasteiger partial charge >= 0.3 is 0 Å². The maximum Gasteiger partial charge on any atom is 0.228 e. The lowest BCUT2D eigenvalue weighted by molar-refractivity contribution is -0.137. The van der Waals surface area contributed by atoms with Crippen molar-refractivity contribution in [2.45, 2.75) is 11.3 Å². The fourth-order valence-corrected chi connectivity index (χ4v) is 3.58. The van der Waals surface area contributed by atoms with Gasteiger partial charge in [-0.05, 0) is 37.6 Å². The van der Waals surface area contributed by atoms with E-state index in [1.54, 1.807) is 16.7 Å². The monoisotopic (exact) mass is 333 g/mol. The van der Waals surface area contributed by atoms with Gasteiger partial charge in [0.2, 0.25) is 11.8 Å². The van der Waals surface area contributed by atoms with E-state index < -0.39 is 0 Å². The normalized spacial score (nSPS) is 22.7. The minimum atomic E-state index is -0.203. The highest BCUT2D eigenvalue weighted by atomic mass is 32.2. The molecule has 0 aliphatic carbocycles. The van der Waals surface area contributed by atoms with Crippen LogP contribution in [0.2, 0.25) is 0 Å². The molecule has 1 aromatic carbocycles. The summed E-state index contributed by atoms with van der Waals surface area (Å²) in [5, 5.41) is 0. The molecule has 0 aromatic heterocycles. The molecule has 1 aromatic rings. The highest BCUT2D eigenvalue weighted by Crippen LogP contribution is 2.28. The van der Waals surface area contributed by atoms with Crippen molar-refractivity contribution in [2.75, 3.05) is 50.9 Å². The summed E-state index contributed by atoms with van der Waals surface area (Å²) in [4.78, 5) is 32.0. The minimum Gasteiger partial charge on any atom is -0.340 e. The summed E-state index contributed by atoms with van der Waals surface area (Å²) in [6.45, 7) is 3.85. The van der Waals surface area contributed by atoms with E-state index >= 15 is 0 Å². The van der Waals surface area contributed by atoms with E-state index in [1.807, 2.05) is 35.4 Å². The molecule has 23 heavy (non-hydrogen) atoms. The number of hydrogen-bond donors (Lipinski definition) is 0. The van der Waals surface area contributed by atoms with Crippen LogP contribution in [0.3, 0.4) is 0 Å². The molecule has 124 valence electrons. The van der Waals surface area contributed by atoms with Crippen molar-refractivity contribution in [3.05, 3.63) is 24.3 Å². The minimum absolute atomic E-state index is 0.0504. The number of thioether (sulfide) groups is 1. The Hall–Kier alpha value is -1.53. The summed E-state index contributed by atoms with van der Waals surface area (Å²) in [5.74, 6) is -0.0183. The Labute approximate surface area is 141 Å². The Morgan fingerprint density at radius 3 is 2.39 bits per heavy atom. The van der Waals surface area contributed by atoms with Gasteiger partial charge in [-0.25, -0.2) is 0 Å². The van der Waals surface area contributed by atoms with E-state index in [0.717, 1.165) is 31.9 Å². The summed E-state index contributed by atoms with van der Waals surface area (Å²) in [5.41, 5.74) is 0.890. The van der Waals surface area contributed by atoms with Crippen molar-refractivity contribution >= 4 is 29.3 Å². The van der Waals surface area contributed by atoms with Crippen molar-refractivity contribution in [3.8, 4) is 0 Å². The van der Waals surface area contributed by atoms with Crippen LogP contribution in [0.1, 0.15) is 6.42 Å². The van der Waals surface area contributed by atoms with E-state index in [1.165, 1.54) is 4.90 Å². The number of amides is 2. The van der Waals surface area contributed by atoms with Gasteiger partial charge in [-0.2, -0.15) is 0 Å². The Bertz CT molecular complexity index is 582. The third-order valence-corrected chi connectivity index (χ3v) is 5.42. The van der Waals surface area contributed by atoms with Gasteiger partial charge in [0.25, 0.3) is 0 Å². The largest absolute Gasteiger partial charge is 0.340 e. The van der Waals surface area contributed by atoms with Gasteiger partial charge < -0.3 is 14.7 Å². The Morgan fingerprint density at radius 2 is 1.78 bits per heavy atom. The summed E-state index contributed by atoms with van der Waals surface area (Å²) >= 11 is 1.68. The number of benzene rings is 1.